The maximum Gasteiger partial charge on any atom is 0.306 e. The fraction of sp³-hybridized carbons (Fsp3) is 0.133. The van der Waals surface area contributed by atoms with Crippen molar-refractivity contribution in [3.8, 4) is 11.5 Å². The molecular formula is C15H14O7S2. The Morgan fingerprint density at radius 1 is 0.667 bits per heavy atom. The standard InChI is InChI=1S/C15H14O7S2/c1-23(17,18)21-13-7-3-11(4-8-13)15(16)12-5-9-14(10-6-12)22-24(2,19)20/h3-10H,1-2H3. The molecule has 0 spiro atoms. The quantitative estimate of drug-likeness (QED) is 0.562. The second-order valence-corrected chi connectivity index (χ2v) is 8.10. The van der Waals surface area contributed by atoms with Gasteiger partial charge in [-0.2, -0.15) is 16.8 Å². The molecule has 0 radical (unpaired) electrons. The molecule has 0 unspecified atom stereocenters. The Balaban J connectivity index is 2.16. The van der Waals surface area contributed by atoms with Crippen molar-refractivity contribution in [2.45, 2.75) is 0 Å². The summed E-state index contributed by atoms with van der Waals surface area (Å²) in [5.41, 5.74) is 0.653. The zero-order chi connectivity index (χ0) is 18.0. The smallest absolute Gasteiger partial charge is 0.306 e. The van der Waals surface area contributed by atoms with E-state index in [9.17, 15) is 21.6 Å². The summed E-state index contributed by atoms with van der Waals surface area (Å²) in [5, 5.41) is 0. The van der Waals surface area contributed by atoms with Crippen molar-refractivity contribution in [3.63, 3.8) is 0 Å². The van der Waals surface area contributed by atoms with E-state index in [1.165, 1.54) is 48.5 Å². The molecule has 0 atom stereocenters. The minimum atomic E-state index is -3.63. The number of ketones is 1. The zero-order valence-corrected chi connectivity index (χ0v) is 14.4. The topological polar surface area (TPSA) is 104 Å². The summed E-state index contributed by atoms with van der Waals surface area (Å²) in [7, 11) is -7.26. The van der Waals surface area contributed by atoms with Crippen LogP contribution in [0.3, 0.4) is 0 Å². The molecule has 0 amide bonds. The molecule has 0 saturated heterocycles. The number of carbonyl (C=O) groups is 1. The van der Waals surface area contributed by atoms with Crippen molar-refractivity contribution in [1.82, 2.24) is 0 Å². The highest BCUT2D eigenvalue weighted by molar-refractivity contribution is 7.86. The first-order chi connectivity index (χ1) is 11.0. The van der Waals surface area contributed by atoms with E-state index in [0.29, 0.717) is 11.1 Å². The van der Waals surface area contributed by atoms with Crippen LogP contribution in [0.4, 0.5) is 0 Å². The Morgan fingerprint density at radius 2 is 0.958 bits per heavy atom. The number of benzene rings is 2. The van der Waals surface area contributed by atoms with Gasteiger partial charge in [-0.3, -0.25) is 4.79 Å². The van der Waals surface area contributed by atoms with Gasteiger partial charge in [0.05, 0.1) is 12.5 Å². The highest BCUT2D eigenvalue weighted by Crippen LogP contribution is 2.19. The van der Waals surface area contributed by atoms with Crippen molar-refractivity contribution < 1.29 is 30.0 Å². The lowest BCUT2D eigenvalue weighted by Crippen LogP contribution is -2.07. The van der Waals surface area contributed by atoms with Crippen molar-refractivity contribution in [2.75, 3.05) is 12.5 Å². The normalized spacial score (nSPS) is 11.8. The summed E-state index contributed by atoms with van der Waals surface area (Å²) in [6, 6.07) is 11.2. The van der Waals surface area contributed by atoms with Crippen molar-refractivity contribution >= 4 is 26.0 Å². The molecule has 0 saturated carbocycles. The molecular weight excluding hydrogens is 356 g/mol. The van der Waals surface area contributed by atoms with E-state index in [1.54, 1.807) is 0 Å². The summed E-state index contributed by atoms with van der Waals surface area (Å²) in [4.78, 5) is 12.3. The van der Waals surface area contributed by atoms with Gasteiger partial charge in [-0.1, -0.05) is 0 Å². The largest absolute Gasteiger partial charge is 0.383 e. The molecule has 0 N–H and O–H groups in total. The molecule has 0 fully saturated rings. The summed E-state index contributed by atoms with van der Waals surface area (Å²) >= 11 is 0. The first-order valence-corrected chi connectivity index (χ1v) is 10.2. The van der Waals surface area contributed by atoms with E-state index in [-0.39, 0.29) is 17.3 Å². The second kappa shape index (κ2) is 6.62. The van der Waals surface area contributed by atoms with Crippen LogP contribution < -0.4 is 8.37 Å². The van der Waals surface area contributed by atoms with Crippen molar-refractivity contribution in [1.29, 1.82) is 0 Å². The molecule has 0 aliphatic carbocycles. The third-order valence-electron chi connectivity index (χ3n) is 2.73. The third kappa shape index (κ3) is 5.36. The van der Waals surface area contributed by atoms with Crippen LogP contribution in [-0.4, -0.2) is 35.1 Å². The van der Waals surface area contributed by atoms with Gasteiger partial charge in [0, 0.05) is 11.1 Å². The van der Waals surface area contributed by atoms with Crippen LogP contribution in [-0.2, 0) is 20.2 Å². The van der Waals surface area contributed by atoms with E-state index < -0.39 is 20.2 Å². The number of hydrogen-bond donors (Lipinski definition) is 0. The van der Waals surface area contributed by atoms with Crippen LogP contribution >= 0.6 is 0 Å². The number of hydrogen-bond acceptors (Lipinski definition) is 7. The van der Waals surface area contributed by atoms with Gasteiger partial charge in [-0.25, -0.2) is 0 Å². The van der Waals surface area contributed by atoms with Gasteiger partial charge in [0.2, 0.25) is 0 Å². The second-order valence-electron chi connectivity index (χ2n) is 4.95. The molecule has 9 heteroatoms. The summed E-state index contributed by atoms with van der Waals surface area (Å²) in [6.45, 7) is 0. The Labute approximate surface area is 140 Å². The minimum absolute atomic E-state index is 0.103. The predicted octanol–water partition coefficient (Wildman–Crippen LogP) is 1.59. The van der Waals surface area contributed by atoms with E-state index >= 15 is 0 Å². The monoisotopic (exact) mass is 370 g/mol. The van der Waals surface area contributed by atoms with Gasteiger partial charge in [-0.05, 0) is 48.5 Å². The van der Waals surface area contributed by atoms with Gasteiger partial charge >= 0.3 is 20.2 Å². The molecule has 0 aliphatic heterocycles. The van der Waals surface area contributed by atoms with Crippen molar-refractivity contribution in [3.05, 3.63) is 59.7 Å². The Kier molecular flexibility index (Phi) is 4.95. The molecule has 0 heterocycles. The maximum absolute atomic E-state index is 12.3. The molecule has 2 rings (SSSR count). The van der Waals surface area contributed by atoms with Crippen LogP contribution in [0.25, 0.3) is 0 Å². The predicted molar refractivity (Wildman–Crippen MR) is 87.3 cm³/mol. The Bertz CT molecular complexity index is 862. The Morgan fingerprint density at radius 3 is 1.21 bits per heavy atom. The Hall–Kier alpha value is -2.39. The molecule has 2 aromatic carbocycles. The molecule has 7 nitrogen and oxygen atoms in total. The number of rotatable bonds is 6. The van der Waals surface area contributed by atoms with Crippen LogP contribution in [0.5, 0.6) is 11.5 Å². The van der Waals surface area contributed by atoms with Gasteiger partial charge in [0.1, 0.15) is 11.5 Å². The lowest BCUT2D eigenvalue weighted by molar-refractivity contribution is 0.103. The van der Waals surface area contributed by atoms with Crippen LogP contribution in [0, 0.1) is 0 Å². The molecule has 2 aromatic rings. The van der Waals surface area contributed by atoms with E-state index in [2.05, 4.69) is 0 Å². The lowest BCUT2D eigenvalue weighted by atomic mass is 10.0. The molecule has 0 aliphatic rings. The fourth-order valence-electron chi connectivity index (χ4n) is 1.84. The lowest BCUT2D eigenvalue weighted by Gasteiger charge is -2.06. The summed E-state index contributed by atoms with van der Waals surface area (Å²) < 4.78 is 53.5. The van der Waals surface area contributed by atoms with E-state index in [0.717, 1.165) is 12.5 Å². The van der Waals surface area contributed by atoms with Gasteiger partial charge in [0.25, 0.3) is 0 Å². The minimum Gasteiger partial charge on any atom is -0.383 e. The summed E-state index contributed by atoms with van der Waals surface area (Å²) in [6.07, 6.45) is 1.85. The van der Waals surface area contributed by atoms with Gasteiger partial charge < -0.3 is 8.37 Å². The molecule has 0 bridgehead atoms. The molecule has 128 valence electrons. The number of carbonyl (C=O) groups excluding carboxylic acids is 1. The fourth-order valence-corrected chi connectivity index (χ4v) is 2.76. The molecule has 24 heavy (non-hydrogen) atoms. The van der Waals surface area contributed by atoms with E-state index in [1.807, 2.05) is 0 Å². The van der Waals surface area contributed by atoms with Crippen LogP contribution in [0.1, 0.15) is 15.9 Å². The SMILES string of the molecule is CS(=O)(=O)Oc1ccc(C(=O)c2ccc(OS(C)(=O)=O)cc2)cc1. The molecule has 0 aromatic heterocycles. The van der Waals surface area contributed by atoms with Gasteiger partial charge in [-0.15, -0.1) is 0 Å². The zero-order valence-electron chi connectivity index (χ0n) is 12.8. The first kappa shape index (κ1) is 18.0. The summed E-state index contributed by atoms with van der Waals surface area (Å²) in [5.74, 6) is -0.108. The van der Waals surface area contributed by atoms with Crippen LogP contribution in [0.15, 0.2) is 48.5 Å². The van der Waals surface area contributed by atoms with E-state index in [4.69, 9.17) is 8.37 Å². The average Bonchev–Trinajstić information content (AvgIpc) is 2.45. The van der Waals surface area contributed by atoms with Crippen molar-refractivity contribution in [2.24, 2.45) is 0 Å². The first-order valence-electron chi connectivity index (χ1n) is 6.57. The third-order valence-corrected chi connectivity index (χ3v) is 3.72. The highest BCUT2D eigenvalue weighted by Gasteiger charge is 2.12. The van der Waals surface area contributed by atoms with Crippen LogP contribution in [0.2, 0.25) is 0 Å². The van der Waals surface area contributed by atoms with Gasteiger partial charge in [0.15, 0.2) is 5.78 Å². The maximum atomic E-state index is 12.3. The average molecular weight is 370 g/mol. The highest BCUT2D eigenvalue weighted by atomic mass is 32.2.